The van der Waals surface area contributed by atoms with Crippen molar-refractivity contribution in [3.05, 3.63) is 30.6 Å². The van der Waals surface area contributed by atoms with E-state index < -0.39 is 26.1 Å². The number of hydrogen-bond acceptors (Lipinski definition) is 8. The molecule has 2 aliphatic rings. The van der Waals surface area contributed by atoms with Gasteiger partial charge in [-0.2, -0.15) is 10.4 Å². The maximum atomic E-state index is 12.8. The molecule has 1 saturated carbocycles. The van der Waals surface area contributed by atoms with Crippen molar-refractivity contribution in [1.29, 1.82) is 5.26 Å². The molecule has 2 aromatic heterocycles. The van der Waals surface area contributed by atoms with Gasteiger partial charge in [0.25, 0.3) is 0 Å². The van der Waals surface area contributed by atoms with Crippen LogP contribution in [0.2, 0.25) is 19.6 Å². The molecule has 1 aliphatic heterocycles. The van der Waals surface area contributed by atoms with Crippen LogP contribution in [0.3, 0.4) is 0 Å². The number of carbonyl (C=O) groups is 2. The normalized spacial score (nSPS) is 23.8. The molecule has 39 heavy (non-hydrogen) atoms. The van der Waals surface area contributed by atoms with Crippen LogP contribution in [0.25, 0.3) is 5.52 Å². The lowest BCUT2D eigenvalue weighted by atomic mass is 9.94. The number of rotatable bonds is 11. The highest BCUT2D eigenvalue weighted by Crippen LogP contribution is 2.43. The molecular weight excluding hydrogens is 514 g/mol. The maximum absolute atomic E-state index is 12.8. The van der Waals surface area contributed by atoms with E-state index in [2.05, 4.69) is 21.5 Å². The second kappa shape index (κ2) is 12.1. The Morgan fingerprint density at radius 1 is 1.26 bits per heavy atom. The summed E-state index contributed by atoms with van der Waals surface area (Å²) in [4.78, 5) is 29.5. The van der Waals surface area contributed by atoms with Crippen LogP contribution in [0, 0.1) is 29.6 Å². The Balaban J connectivity index is 1.60. The van der Waals surface area contributed by atoms with E-state index in [-0.39, 0.29) is 24.4 Å². The molecule has 4 rings (SSSR count). The summed E-state index contributed by atoms with van der Waals surface area (Å²) in [7, 11) is -2.13. The maximum Gasteiger partial charge on any atom is 0.306 e. The lowest BCUT2D eigenvalue weighted by Crippen LogP contribution is -2.44. The number of hydrogen-bond donors (Lipinski definition) is 1. The zero-order chi connectivity index (χ0) is 28.2. The van der Waals surface area contributed by atoms with Crippen LogP contribution in [-0.4, -0.2) is 53.6 Å². The minimum atomic E-state index is -2.13. The van der Waals surface area contributed by atoms with Crippen LogP contribution in [0.15, 0.2) is 18.5 Å². The summed E-state index contributed by atoms with van der Waals surface area (Å²) in [5, 5.41) is 17.9. The van der Waals surface area contributed by atoms with E-state index in [9.17, 15) is 14.9 Å². The third kappa shape index (κ3) is 6.50. The van der Waals surface area contributed by atoms with Crippen LogP contribution < -0.4 is 5.32 Å². The molecule has 3 heterocycles. The van der Waals surface area contributed by atoms with Gasteiger partial charge in [-0.3, -0.25) is 9.59 Å². The smallest absolute Gasteiger partial charge is 0.306 e. The number of nitrogens with one attached hydrogen (secondary N) is 1. The third-order valence-electron chi connectivity index (χ3n) is 7.54. The Labute approximate surface area is 231 Å². The van der Waals surface area contributed by atoms with E-state index in [1.807, 2.05) is 39.9 Å². The number of ether oxygens (including phenoxy) is 2. The molecular formula is C28H40N5O5Si. The van der Waals surface area contributed by atoms with Gasteiger partial charge in [0.1, 0.15) is 30.6 Å². The average Bonchev–Trinajstić information content (AvgIpc) is 3.62. The Morgan fingerprint density at radius 3 is 2.62 bits per heavy atom. The largest absolute Gasteiger partial charge is 0.463 e. The predicted octanol–water partition coefficient (Wildman–Crippen LogP) is 4.77. The van der Waals surface area contributed by atoms with E-state index in [1.54, 1.807) is 16.6 Å². The summed E-state index contributed by atoms with van der Waals surface area (Å²) < 4.78 is 20.0. The highest BCUT2D eigenvalue weighted by Gasteiger charge is 2.55. The topological polar surface area (TPSA) is 128 Å². The monoisotopic (exact) mass is 554 g/mol. The van der Waals surface area contributed by atoms with Crippen molar-refractivity contribution in [2.75, 3.05) is 11.9 Å². The van der Waals surface area contributed by atoms with Crippen LogP contribution in [-0.2, 0) is 29.1 Å². The zero-order valence-electron chi connectivity index (χ0n) is 23.6. The van der Waals surface area contributed by atoms with Crippen molar-refractivity contribution in [2.45, 2.75) is 96.2 Å². The van der Waals surface area contributed by atoms with Crippen LogP contribution in [0.1, 0.15) is 64.5 Å². The van der Waals surface area contributed by atoms with Crippen molar-refractivity contribution >= 4 is 31.5 Å². The van der Waals surface area contributed by atoms with Crippen LogP contribution >= 0.6 is 0 Å². The van der Waals surface area contributed by atoms with Crippen molar-refractivity contribution in [3.8, 4) is 6.07 Å². The molecule has 0 unspecified atom stereocenters. The molecule has 1 N–H and O–H groups in total. The van der Waals surface area contributed by atoms with E-state index in [0.717, 1.165) is 38.5 Å². The number of carbonyl (C=O) groups excluding carboxylic acids is 2. The SMILES string of the molecule is CCC(CC)C(=O)Nc1ncnn2c([C@]3(C#N)O[C@@H](COC(=O)CC4CCCC4)[CH][C@H]3O[Si](C)(C)C)ccc12. The first kappa shape index (κ1) is 29.2. The molecule has 2 aromatic rings. The molecule has 2 fully saturated rings. The second-order valence-electron chi connectivity index (χ2n) is 11.5. The summed E-state index contributed by atoms with van der Waals surface area (Å²) in [6.07, 6.45) is 8.15. The fraction of sp³-hybridized carbons (Fsp3) is 0.643. The van der Waals surface area contributed by atoms with Gasteiger partial charge in [0.05, 0.1) is 11.8 Å². The molecule has 0 bridgehead atoms. The zero-order valence-corrected chi connectivity index (χ0v) is 24.6. The summed E-state index contributed by atoms with van der Waals surface area (Å²) in [5.41, 5.74) is -0.525. The lowest BCUT2D eigenvalue weighted by Gasteiger charge is -2.31. The molecule has 1 saturated heterocycles. The van der Waals surface area contributed by atoms with Crippen molar-refractivity contribution < 1.29 is 23.5 Å². The second-order valence-corrected chi connectivity index (χ2v) is 16.0. The highest BCUT2D eigenvalue weighted by atomic mass is 28.4. The first-order valence-corrected chi connectivity index (χ1v) is 17.4. The Hall–Kier alpha value is -2.81. The molecule has 3 atom stereocenters. The number of nitrogens with zero attached hydrogens (tertiary/aromatic N) is 4. The van der Waals surface area contributed by atoms with Gasteiger partial charge in [-0.05, 0) is 63.4 Å². The minimum Gasteiger partial charge on any atom is -0.463 e. The van der Waals surface area contributed by atoms with E-state index in [0.29, 0.717) is 29.4 Å². The molecule has 1 radical (unpaired) electrons. The van der Waals surface area contributed by atoms with Crippen molar-refractivity contribution in [1.82, 2.24) is 14.6 Å². The van der Waals surface area contributed by atoms with Gasteiger partial charge < -0.3 is 19.2 Å². The first-order valence-electron chi connectivity index (χ1n) is 14.0. The summed E-state index contributed by atoms with van der Waals surface area (Å²) in [6.45, 7) is 10.1. The predicted molar refractivity (Wildman–Crippen MR) is 148 cm³/mol. The van der Waals surface area contributed by atoms with Gasteiger partial charge in [-0.1, -0.05) is 26.7 Å². The van der Waals surface area contributed by atoms with Crippen LogP contribution in [0.5, 0.6) is 0 Å². The molecule has 1 aliphatic carbocycles. The molecule has 10 nitrogen and oxygen atoms in total. The van der Waals surface area contributed by atoms with E-state index in [4.69, 9.17) is 13.9 Å². The van der Waals surface area contributed by atoms with Gasteiger partial charge in [0.15, 0.2) is 14.1 Å². The number of aromatic nitrogens is 3. The lowest BCUT2D eigenvalue weighted by molar-refractivity contribution is -0.149. The third-order valence-corrected chi connectivity index (χ3v) is 8.50. The number of nitriles is 1. The standard InChI is InChI=1S/C28H40N5O5Si/c1-6-20(7-2)27(35)32-26-22-12-13-23(33(22)31-18-30-26)28(17-29)24(38-39(3,4)5)15-21(37-28)16-36-25(34)14-19-10-8-9-11-19/h12-13,15,18-21,24H,6-11,14,16H2,1-5H3,(H,30,31,32,35)/t21-,24-,28+/m1/s1. The Morgan fingerprint density at radius 2 is 1.97 bits per heavy atom. The van der Waals surface area contributed by atoms with Crippen molar-refractivity contribution in [3.63, 3.8) is 0 Å². The quantitative estimate of drug-likeness (QED) is 0.311. The molecule has 0 spiro atoms. The van der Waals surface area contributed by atoms with Gasteiger partial charge in [-0.25, -0.2) is 9.50 Å². The van der Waals surface area contributed by atoms with Gasteiger partial charge in [-0.15, -0.1) is 0 Å². The fourth-order valence-electron chi connectivity index (χ4n) is 5.50. The fourth-order valence-corrected chi connectivity index (χ4v) is 6.50. The number of fused-ring (bicyclic) bond motifs is 1. The van der Waals surface area contributed by atoms with Gasteiger partial charge in [0.2, 0.25) is 11.5 Å². The number of amides is 1. The number of anilines is 1. The summed E-state index contributed by atoms with van der Waals surface area (Å²) in [6, 6.07) is 5.87. The van der Waals surface area contributed by atoms with Crippen molar-refractivity contribution in [2.24, 2.45) is 11.8 Å². The van der Waals surface area contributed by atoms with Crippen LogP contribution in [0.4, 0.5) is 5.82 Å². The summed E-state index contributed by atoms with van der Waals surface area (Å²) >= 11 is 0. The average molecular weight is 555 g/mol. The van der Waals surface area contributed by atoms with Gasteiger partial charge in [0, 0.05) is 18.8 Å². The Kier molecular flexibility index (Phi) is 9.09. The Bertz CT molecular complexity index is 1210. The highest BCUT2D eigenvalue weighted by molar-refractivity contribution is 6.69. The van der Waals surface area contributed by atoms with E-state index in [1.165, 1.54) is 6.33 Å². The first-order chi connectivity index (χ1) is 18.6. The molecule has 1 amide bonds. The molecule has 211 valence electrons. The minimum absolute atomic E-state index is 0.00949. The molecule has 0 aromatic carbocycles. The molecule has 11 heteroatoms. The van der Waals surface area contributed by atoms with E-state index >= 15 is 0 Å². The number of esters is 1. The summed E-state index contributed by atoms with van der Waals surface area (Å²) in [5.74, 6) is 0.277. The van der Waals surface area contributed by atoms with Gasteiger partial charge >= 0.3 is 5.97 Å².